The van der Waals surface area contributed by atoms with Gasteiger partial charge in [0.1, 0.15) is 17.9 Å². The van der Waals surface area contributed by atoms with E-state index in [9.17, 15) is 29.3 Å². The molecule has 0 bridgehead atoms. The van der Waals surface area contributed by atoms with Gasteiger partial charge in [-0.15, -0.1) is 0 Å². The first-order valence-electron chi connectivity index (χ1n) is 10.6. The highest BCUT2D eigenvalue weighted by atomic mass is 16.6. The van der Waals surface area contributed by atoms with Crippen molar-refractivity contribution in [3.05, 3.63) is 69.8 Å². The van der Waals surface area contributed by atoms with Crippen molar-refractivity contribution in [3.8, 4) is 0 Å². The van der Waals surface area contributed by atoms with E-state index < -0.39 is 45.7 Å². The number of nitro groups is 1. The van der Waals surface area contributed by atoms with Crippen molar-refractivity contribution in [1.29, 1.82) is 0 Å². The van der Waals surface area contributed by atoms with Gasteiger partial charge >= 0.3 is 0 Å². The summed E-state index contributed by atoms with van der Waals surface area (Å²) in [5.74, 6) is -3.82. The first-order valence-corrected chi connectivity index (χ1v) is 10.6. The van der Waals surface area contributed by atoms with Crippen molar-refractivity contribution in [3.63, 3.8) is 0 Å². The van der Waals surface area contributed by atoms with Crippen molar-refractivity contribution in [2.45, 2.75) is 24.4 Å². The standard InChI is InChI=1S/C23H17N3O6/c27-19-14-7-1-2-8-15(14)20(28)23(19)18-17(16-9-4-10-24(16)23)21(29)25(22(18)30)12-5-3-6-13(11-12)26(31)32/h1-3,5-8,11,16-18H,4,9-10H2/p+1/t16-,17+,18-/m0/s1. The minimum absolute atomic E-state index is 0.0914. The molecule has 3 saturated heterocycles. The third-order valence-corrected chi connectivity index (χ3v) is 7.60. The smallest absolute Gasteiger partial charge is 0.271 e. The number of nitrogens with one attached hydrogen (secondary N) is 1. The molecule has 1 unspecified atom stereocenters. The summed E-state index contributed by atoms with van der Waals surface area (Å²) in [4.78, 5) is 67.1. The van der Waals surface area contributed by atoms with Crippen molar-refractivity contribution < 1.29 is 29.0 Å². The number of imide groups is 1. The van der Waals surface area contributed by atoms with Gasteiger partial charge in [-0.3, -0.25) is 29.3 Å². The minimum atomic E-state index is -1.64. The fraction of sp³-hybridized carbons (Fsp3) is 0.304. The lowest BCUT2D eigenvalue weighted by molar-refractivity contribution is -0.930. The van der Waals surface area contributed by atoms with Crippen LogP contribution in [-0.2, 0) is 9.59 Å². The quantitative estimate of drug-likeness (QED) is 0.321. The number of hydrogen-bond donors (Lipinski definition) is 1. The zero-order valence-corrected chi connectivity index (χ0v) is 16.8. The van der Waals surface area contributed by atoms with Gasteiger partial charge in [-0.2, -0.15) is 0 Å². The molecule has 9 nitrogen and oxygen atoms in total. The predicted molar refractivity (Wildman–Crippen MR) is 109 cm³/mol. The van der Waals surface area contributed by atoms with Gasteiger partial charge in [0.15, 0.2) is 0 Å². The summed E-state index contributed by atoms with van der Waals surface area (Å²) in [7, 11) is 0. The normalized spacial score (nSPS) is 29.6. The second-order valence-corrected chi connectivity index (χ2v) is 8.83. The molecule has 0 saturated carbocycles. The highest BCUT2D eigenvalue weighted by Crippen LogP contribution is 2.49. The summed E-state index contributed by atoms with van der Waals surface area (Å²) in [6, 6.07) is 11.6. The molecule has 1 N–H and O–H groups in total. The third-order valence-electron chi connectivity index (χ3n) is 7.60. The maximum absolute atomic E-state index is 13.7. The summed E-state index contributed by atoms with van der Waals surface area (Å²) < 4.78 is 0. The molecule has 3 fully saturated rings. The number of carbonyl (C=O) groups excluding carboxylic acids is 4. The Kier molecular flexibility index (Phi) is 3.66. The Morgan fingerprint density at radius 3 is 2.31 bits per heavy atom. The second kappa shape index (κ2) is 6.17. The first kappa shape index (κ1) is 19.0. The van der Waals surface area contributed by atoms with Crippen LogP contribution < -0.4 is 9.80 Å². The molecule has 160 valence electrons. The van der Waals surface area contributed by atoms with Crippen LogP contribution in [0.4, 0.5) is 11.4 Å². The number of nitro benzene ring substituents is 1. The summed E-state index contributed by atoms with van der Waals surface area (Å²) in [6.07, 6.45) is 1.39. The lowest BCUT2D eigenvalue weighted by Gasteiger charge is -2.32. The molecule has 3 aliphatic heterocycles. The van der Waals surface area contributed by atoms with E-state index in [4.69, 9.17) is 0 Å². The van der Waals surface area contributed by atoms with Gasteiger partial charge in [-0.05, 0) is 6.07 Å². The van der Waals surface area contributed by atoms with Crippen LogP contribution in [0.15, 0.2) is 48.5 Å². The van der Waals surface area contributed by atoms with E-state index in [2.05, 4.69) is 0 Å². The number of benzene rings is 2. The van der Waals surface area contributed by atoms with Crippen LogP contribution in [0.3, 0.4) is 0 Å². The maximum Gasteiger partial charge on any atom is 0.271 e. The molecule has 2 aromatic carbocycles. The Morgan fingerprint density at radius 1 is 0.969 bits per heavy atom. The van der Waals surface area contributed by atoms with E-state index in [0.29, 0.717) is 24.1 Å². The molecular weight excluding hydrogens is 414 g/mol. The third kappa shape index (κ3) is 2.02. The van der Waals surface area contributed by atoms with Crippen molar-refractivity contribution in [2.75, 3.05) is 11.4 Å². The van der Waals surface area contributed by atoms with Crippen molar-refractivity contribution in [2.24, 2.45) is 11.8 Å². The van der Waals surface area contributed by atoms with Gasteiger partial charge in [-0.25, -0.2) is 4.90 Å². The average Bonchev–Trinajstić information content (AvgIpc) is 3.48. The number of anilines is 1. The molecule has 4 aliphatic rings. The minimum Gasteiger partial charge on any atom is -0.313 e. The molecule has 2 aromatic rings. The highest BCUT2D eigenvalue weighted by molar-refractivity contribution is 6.36. The Morgan fingerprint density at radius 2 is 1.66 bits per heavy atom. The lowest BCUT2D eigenvalue weighted by atomic mass is 9.76. The van der Waals surface area contributed by atoms with Gasteiger partial charge in [0.25, 0.3) is 5.69 Å². The molecule has 9 heteroatoms. The molecule has 3 heterocycles. The fourth-order valence-corrected chi connectivity index (χ4v) is 6.49. The SMILES string of the molecule is O=C1[C@H]2[C@@H](C(=O)N1c1cccc([N+](=O)[O-])c1)C1(C(=O)c3ccccc3C1=O)[NH+]1CCC[C@@H]21. The number of non-ortho nitro benzene ring substituents is 1. The van der Waals surface area contributed by atoms with Crippen LogP contribution in [0.1, 0.15) is 33.6 Å². The summed E-state index contributed by atoms with van der Waals surface area (Å²) in [5, 5.41) is 11.2. The maximum atomic E-state index is 13.7. The van der Waals surface area contributed by atoms with Gasteiger partial charge in [0.2, 0.25) is 28.9 Å². The number of rotatable bonds is 2. The van der Waals surface area contributed by atoms with Crippen LogP contribution in [0.25, 0.3) is 0 Å². The number of Topliss-reactive ketones (excluding diaryl/α,β-unsaturated/α-hetero) is 2. The molecule has 1 spiro atoms. The van der Waals surface area contributed by atoms with Crippen molar-refractivity contribution in [1.82, 2.24) is 0 Å². The van der Waals surface area contributed by atoms with E-state index >= 15 is 0 Å². The van der Waals surface area contributed by atoms with E-state index in [0.717, 1.165) is 16.2 Å². The molecule has 6 rings (SSSR count). The van der Waals surface area contributed by atoms with E-state index in [-0.39, 0.29) is 17.4 Å². The highest BCUT2D eigenvalue weighted by Gasteiger charge is 2.80. The van der Waals surface area contributed by atoms with Crippen LogP contribution in [-0.4, -0.2) is 46.4 Å². The molecule has 1 aliphatic carbocycles. The largest absolute Gasteiger partial charge is 0.313 e. The predicted octanol–water partition coefficient (Wildman–Crippen LogP) is 0.579. The number of quaternary nitrogens is 1. The van der Waals surface area contributed by atoms with Crippen LogP contribution in [0, 0.1) is 22.0 Å². The monoisotopic (exact) mass is 432 g/mol. The zero-order valence-electron chi connectivity index (χ0n) is 16.8. The number of fused-ring (bicyclic) bond motifs is 6. The molecule has 0 radical (unpaired) electrons. The van der Waals surface area contributed by atoms with E-state index in [1.54, 1.807) is 24.3 Å². The number of nitrogens with zero attached hydrogens (tertiary/aromatic N) is 2. The Bertz CT molecular complexity index is 1230. The summed E-state index contributed by atoms with van der Waals surface area (Å²) in [5.41, 5.74) is -1.20. The van der Waals surface area contributed by atoms with Crippen LogP contribution in [0.5, 0.6) is 0 Å². The van der Waals surface area contributed by atoms with Gasteiger partial charge in [0, 0.05) is 36.1 Å². The summed E-state index contributed by atoms with van der Waals surface area (Å²) in [6.45, 7) is 0.542. The fourth-order valence-electron chi connectivity index (χ4n) is 6.49. The molecular formula is C23H18N3O6+. The molecule has 2 amide bonds. The Balaban J connectivity index is 1.53. The van der Waals surface area contributed by atoms with Gasteiger partial charge in [0.05, 0.1) is 17.2 Å². The van der Waals surface area contributed by atoms with E-state index in [1.165, 1.54) is 24.3 Å². The lowest BCUT2D eigenvalue weighted by Crippen LogP contribution is -3.22. The van der Waals surface area contributed by atoms with Crippen LogP contribution >= 0.6 is 0 Å². The number of carbonyl (C=O) groups is 4. The Labute approximate surface area is 181 Å². The Hall–Kier alpha value is -3.72. The van der Waals surface area contributed by atoms with Gasteiger partial charge < -0.3 is 4.90 Å². The topological polar surface area (TPSA) is 119 Å². The number of ketones is 2. The average molecular weight is 432 g/mol. The van der Waals surface area contributed by atoms with Gasteiger partial charge in [-0.1, -0.05) is 30.3 Å². The zero-order chi connectivity index (χ0) is 22.4. The number of amides is 2. The van der Waals surface area contributed by atoms with Crippen LogP contribution in [0.2, 0.25) is 0 Å². The second-order valence-electron chi connectivity index (χ2n) is 8.83. The first-order chi connectivity index (χ1) is 15.4. The van der Waals surface area contributed by atoms with E-state index in [1.807, 2.05) is 0 Å². The molecule has 4 atom stereocenters. The van der Waals surface area contributed by atoms with Crippen molar-refractivity contribution >= 4 is 34.8 Å². The summed E-state index contributed by atoms with van der Waals surface area (Å²) >= 11 is 0. The number of hydrogen-bond acceptors (Lipinski definition) is 6. The molecule has 0 aromatic heterocycles. The molecule has 32 heavy (non-hydrogen) atoms.